The van der Waals surface area contributed by atoms with Gasteiger partial charge in [0.2, 0.25) is 0 Å². The van der Waals surface area contributed by atoms with Crippen LogP contribution in [0.3, 0.4) is 0 Å². The fraction of sp³-hybridized carbons (Fsp3) is 0.333. The minimum atomic E-state index is -4.67. The molecule has 0 unspecified atom stereocenters. The molecule has 1 aromatic carbocycles. The van der Waals surface area contributed by atoms with E-state index in [9.17, 15) is 17.6 Å². The van der Waals surface area contributed by atoms with Crippen molar-refractivity contribution in [1.29, 1.82) is 0 Å². The van der Waals surface area contributed by atoms with E-state index in [4.69, 9.17) is 5.73 Å². The Balaban J connectivity index is 0.00000196. The maximum absolute atomic E-state index is 12.8. The van der Waals surface area contributed by atoms with Crippen molar-refractivity contribution >= 4 is 12.4 Å². The minimum Gasteiger partial charge on any atom is -0.324 e. The van der Waals surface area contributed by atoms with Gasteiger partial charge >= 0.3 is 6.18 Å². The number of nitrogens with two attached hydrogens (primary N) is 1. The van der Waals surface area contributed by atoms with Crippen molar-refractivity contribution in [2.75, 3.05) is 0 Å². The van der Waals surface area contributed by atoms with Crippen LogP contribution in [-0.4, -0.2) is 0 Å². The molecular weight excluding hydrogens is 234 g/mol. The molecule has 0 saturated carbocycles. The maximum Gasteiger partial charge on any atom is 0.419 e. The van der Waals surface area contributed by atoms with Gasteiger partial charge in [-0.1, -0.05) is 6.07 Å². The molecule has 2 N–H and O–H groups in total. The minimum absolute atomic E-state index is 0. The molecule has 1 aromatic rings. The monoisotopic (exact) mass is 243 g/mol. The summed E-state index contributed by atoms with van der Waals surface area (Å²) in [4.78, 5) is 0. The standard InChI is InChI=1S/C9H9F4N.ClH/c1-5(14)6-2-3-8(10)7(4-6)9(11,12)13;/h2-5H,14H2,1H3;1H/t5-;/m1./s1. The van der Waals surface area contributed by atoms with E-state index in [1.807, 2.05) is 0 Å². The summed E-state index contributed by atoms with van der Waals surface area (Å²) in [5, 5.41) is 0. The molecule has 0 aliphatic carbocycles. The quantitative estimate of drug-likeness (QED) is 0.753. The van der Waals surface area contributed by atoms with Crippen LogP contribution >= 0.6 is 12.4 Å². The van der Waals surface area contributed by atoms with Crippen LogP contribution in [0.4, 0.5) is 17.6 Å². The van der Waals surface area contributed by atoms with Crippen molar-refractivity contribution in [2.24, 2.45) is 5.73 Å². The van der Waals surface area contributed by atoms with Crippen molar-refractivity contribution in [3.63, 3.8) is 0 Å². The van der Waals surface area contributed by atoms with Crippen LogP contribution in [-0.2, 0) is 6.18 Å². The molecule has 1 nitrogen and oxygen atoms in total. The predicted molar refractivity (Wildman–Crippen MR) is 51.3 cm³/mol. The predicted octanol–water partition coefficient (Wildman–Crippen LogP) is 3.29. The Morgan fingerprint density at radius 2 is 1.80 bits per heavy atom. The molecule has 0 amide bonds. The first-order valence-corrected chi connectivity index (χ1v) is 3.94. The molecule has 0 fully saturated rings. The summed E-state index contributed by atoms with van der Waals surface area (Å²) in [6.45, 7) is 1.54. The fourth-order valence-electron chi connectivity index (χ4n) is 1.04. The van der Waals surface area contributed by atoms with Crippen LogP contribution in [0.5, 0.6) is 0 Å². The Labute approximate surface area is 90.7 Å². The van der Waals surface area contributed by atoms with Crippen LogP contribution in [0.1, 0.15) is 24.1 Å². The Hall–Kier alpha value is -0.810. The van der Waals surface area contributed by atoms with Crippen LogP contribution < -0.4 is 5.73 Å². The topological polar surface area (TPSA) is 26.0 Å². The summed E-state index contributed by atoms with van der Waals surface area (Å²) in [5.41, 5.74) is 4.38. The maximum atomic E-state index is 12.8. The summed E-state index contributed by atoms with van der Waals surface area (Å²) in [6.07, 6.45) is -4.67. The lowest BCUT2D eigenvalue weighted by Crippen LogP contribution is -2.11. The molecule has 0 bridgehead atoms. The smallest absolute Gasteiger partial charge is 0.324 e. The second kappa shape index (κ2) is 4.81. The average molecular weight is 244 g/mol. The molecule has 6 heteroatoms. The van der Waals surface area contributed by atoms with Crippen molar-refractivity contribution in [3.8, 4) is 0 Å². The van der Waals surface area contributed by atoms with Gasteiger partial charge in [-0.15, -0.1) is 12.4 Å². The molecule has 0 saturated heterocycles. The number of benzene rings is 1. The molecule has 0 heterocycles. The van der Waals surface area contributed by atoms with E-state index in [-0.39, 0.29) is 18.0 Å². The van der Waals surface area contributed by atoms with Gasteiger partial charge in [0.1, 0.15) is 5.82 Å². The second-order valence-electron chi connectivity index (χ2n) is 3.03. The Morgan fingerprint density at radius 1 is 1.27 bits per heavy atom. The van der Waals surface area contributed by atoms with Gasteiger partial charge in [0, 0.05) is 6.04 Å². The first-order valence-electron chi connectivity index (χ1n) is 3.94. The average Bonchev–Trinajstić information content (AvgIpc) is 2.02. The zero-order valence-electron chi connectivity index (χ0n) is 7.81. The highest BCUT2D eigenvalue weighted by atomic mass is 35.5. The van der Waals surface area contributed by atoms with Crippen molar-refractivity contribution in [1.82, 2.24) is 0 Å². The van der Waals surface area contributed by atoms with Crippen molar-refractivity contribution in [2.45, 2.75) is 19.1 Å². The zero-order valence-corrected chi connectivity index (χ0v) is 8.62. The Kier molecular flexibility index (Phi) is 4.55. The number of hydrogen-bond acceptors (Lipinski definition) is 1. The molecule has 0 radical (unpaired) electrons. The van der Waals surface area contributed by atoms with Gasteiger partial charge in [0.25, 0.3) is 0 Å². The molecular formula is C9H10ClF4N. The first-order chi connectivity index (χ1) is 6.32. The normalized spacial score (nSPS) is 13.2. The van der Waals surface area contributed by atoms with E-state index in [1.54, 1.807) is 0 Å². The molecule has 1 rings (SSSR count). The molecule has 86 valence electrons. The number of halogens is 5. The molecule has 0 aliphatic rings. The van der Waals surface area contributed by atoms with Gasteiger partial charge < -0.3 is 5.73 Å². The summed E-state index contributed by atoms with van der Waals surface area (Å²) in [5.74, 6) is -1.28. The summed E-state index contributed by atoms with van der Waals surface area (Å²) in [7, 11) is 0. The Morgan fingerprint density at radius 3 is 2.20 bits per heavy atom. The van der Waals surface area contributed by atoms with Gasteiger partial charge in [-0.05, 0) is 24.6 Å². The lowest BCUT2D eigenvalue weighted by atomic mass is 10.1. The number of rotatable bonds is 1. The van der Waals surface area contributed by atoms with Gasteiger partial charge in [-0.2, -0.15) is 13.2 Å². The largest absolute Gasteiger partial charge is 0.419 e. The number of alkyl halides is 3. The third-order valence-corrected chi connectivity index (χ3v) is 1.82. The highest BCUT2D eigenvalue weighted by molar-refractivity contribution is 5.85. The zero-order chi connectivity index (χ0) is 10.9. The third-order valence-electron chi connectivity index (χ3n) is 1.82. The molecule has 0 spiro atoms. The van der Waals surface area contributed by atoms with Gasteiger partial charge in [0.15, 0.2) is 0 Å². The van der Waals surface area contributed by atoms with Gasteiger partial charge in [0.05, 0.1) is 5.56 Å². The van der Waals surface area contributed by atoms with E-state index >= 15 is 0 Å². The Bertz CT molecular complexity index is 335. The van der Waals surface area contributed by atoms with E-state index in [0.29, 0.717) is 0 Å². The fourth-order valence-corrected chi connectivity index (χ4v) is 1.04. The van der Waals surface area contributed by atoms with Gasteiger partial charge in [-0.3, -0.25) is 0 Å². The highest BCUT2D eigenvalue weighted by Crippen LogP contribution is 2.32. The number of hydrogen-bond donors (Lipinski definition) is 1. The van der Waals surface area contributed by atoms with E-state index in [1.165, 1.54) is 13.0 Å². The third kappa shape index (κ3) is 3.35. The van der Waals surface area contributed by atoms with Crippen molar-refractivity contribution < 1.29 is 17.6 Å². The lowest BCUT2D eigenvalue weighted by Gasteiger charge is -2.11. The SMILES string of the molecule is C[C@@H](N)c1ccc(F)c(C(F)(F)F)c1.Cl. The molecule has 15 heavy (non-hydrogen) atoms. The lowest BCUT2D eigenvalue weighted by molar-refractivity contribution is -0.140. The van der Waals surface area contributed by atoms with Gasteiger partial charge in [-0.25, -0.2) is 4.39 Å². The van der Waals surface area contributed by atoms with E-state index < -0.39 is 23.6 Å². The summed E-state index contributed by atoms with van der Waals surface area (Å²) < 4.78 is 49.4. The molecule has 1 atom stereocenters. The molecule has 0 aromatic heterocycles. The second-order valence-corrected chi connectivity index (χ2v) is 3.03. The van der Waals surface area contributed by atoms with Crippen LogP contribution in [0, 0.1) is 5.82 Å². The molecule has 0 aliphatic heterocycles. The first kappa shape index (κ1) is 14.2. The van der Waals surface area contributed by atoms with Crippen LogP contribution in [0.25, 0.3) is 0 Å². The summed E-state index contributed by atoms with van der Waals surface area (Å²) >= 11 is 0. The van der Waals surface area contributed by atoms with Crippen molar-refractivity contribution in [3.05, 3.63) is 35.1 Å². The van der Waals surface area contributed by atoms with E-state index in [0.717, 1.165) is 12.1 Å². The van der Waals surface area contributed by atoms with E-state index in [2.05, 4.69) is 0 Å². The summed E-state index contributed by atoms with van der Waals surface area (Å²) in [6, 6.07) is 2.22. The van der Waals surface area contributed by atoms with Crippen LogP contribution in [0.15, 0.2) is 18.2 Å². The van der Waals surface area contributed by atoms with Crippen LogP contribution in [0.2, 0.25) is 0 Å². The highest BCUT2D eigenvalue weighted by Gasteiger charge is 2.34.